The number of H-pyrrole nitrogens is 1. The Morgan fingerprint density at radius 3 is 2.54 bits per heavy atom. The molecule has 2 aliphatic carbocycles. The van der Waals surface area contributed by atoms with Gasteiger partial charge in [-0.2, -0.15) is 0 Å². The molecule has 1 aliphatic heterocycles. The van der Waals surface area contributed by atoms with E-state index in [1.807, 2.05) is 58.0 Å². The number of benzene rings is 2. The first-order valence-corrected chi connectivity index (χ1v) is 19.0. The number of aromatic nitrogens is 1. The standard InChI is InChI=1S/C41H56N4O7/c1-5-18-45(39(49)42-25-28-21-27-13-6-7-15-33(27)43-28)36-24-34(44-52-40(2,3)4)31-22-26(12-8-10-19-46)30(14-9-11-20-47)37-32-23-29(48)16-17-35(32)51-41(36,50)38(31)37/h6-7,13,15-17,21-23,26,30,36-38,43,46-48,50H,5,8-12,14,18-20,24-25H2,1-4H3,(H,42,49)/t26-,30+,36-,37+,38+,41+/m0/s1. The molecule has 2 aromatic carbocycles. The van der Waals surface area contributed by atoms with Gasteiger partial charge in [0.1, 0.15) is 23.1 Å². The van der Waals surface area contributed by atoms with Gasteiger partial charge in [0.2, 0.25) is 5.79 Å². The molecule has 1 fully saturated rings. The molecule has 0 spiro atoms. The molecule has 0 unspecified atom stereocenters. The van der Waals surface area contributed by atoms with Gasteiger partial charge in [-0.05, 0) is 106 Å². The quantitative estimate of drug-likeness (QED) is 0.0798. The molecule has 11 heteroatoms. The van der Waals surface area contributed by atoms with Crippen LogP contribution in [0.15, 0.2) is 65.3 Å². The molecular formula is C41H56N4O7. The van der Waals surface area contributed by atoms with Gasteiger partial charge in [0, 0.05) is 48.9 Å². The average Bonchev–Trinajstić information content (AvgIpc) is 3.53. The minimum absolute atomic E-state index is 0.0222. The number of unbranched alkanes of at least 4 members (excludes halogenated alkanes) is 2. The highest BCUT2D eigenvalue weighted by atomic mass is 16.6. The number of urea groups is 1. The maximum absolute atomic E-state index is 14.3. The Kier molecular flexibility index (Phi) is 11.5. The largest absolute Gasteiger partial charge is 0.508 e. The molecule has 52 heavy (non-hydrogen) atoms. The molecule has 0 saturated heterocycles. The van der Waals surface area contributed by atoms with E-state index in [-0.39, 0.29) is 55.7 Å². The third-order valence-corrected chi connectivity index (χ3v) is 10.8. The Labute approximate surface area is 306 Å². The van der Waals surface area contributed by atoms with E-state index in [0.29, 0.717) is 37.3 Å². The molecule has 1 saturated carbocycles. The number of rotatable bonds is 14. The summed E-state index contributed by atoms with van der Waals surface area (Å²) in [6, 6.07) is 13.9. The van der Waals surface area contributed by atoms with Gasteiger partial charge in [0.15, 0.2) is 0 Å². The summed E-state index contributed by atoms with van der Waals surface area (Å²) in [6.45, 7) is 8.65. The van der Waals surface area contributed by atoms with E-state index in [9.17, 15) is 25.2 Å². The van der Waals surface area contributed by atoms with E-state index < -0.39 is 23.3 Å². The van der Waals surface area contributed by atoms with Crippen LogP contribution >= 0.6 is 0 Å². The van der Waals surface area contributed by atoms with Crippen molar-refractivity contribution in [1.29, 1.82) is 0 Å². The van der Waals surface area contributed by atoms with Crippen LogP contribution in [0.1, 0.15) is 96.2 Å². The van der Waals surface area contributed by atoms with Crippen LogP contribution in [-0.2, 0) is 11.4 Å². The van der Waals surface area contributed by atoms with Gasteiger partial charge in [0.05, 0.1) is 18.2 Å². The van der Waals surface area contributed by atoms with Crippen molar-refractivity contribution in [1.82, 2.24) is 15.2 Å². The van der Waals surface area contributed by atoms with Gasteiger partial charge in [0.25, 0.3) is 0 Å². The number of nitrogens with zero attached hydrogens (tertiary/aromatic N) is 2. The average molecular weight is 717 g/mol. The number of nitrogens with one attached hydrogen (secondary N) is 2. The lowest BCUT2D eigenvalue weighted by Crippen LogP contribution is -2.69. The predicted octanol–water partition coefficient (Wildman–Crippen LogP) is 6.72. The number of para-hydroxylation sites is 1. The molecular weight excluding hydrogens is 660 g/mol. The fraction of sp³-hybridized carbons (Fsp3) is 0.561. The molecule has 11 nitrogen and oxygen atoms in total. The number of allylic oxidation sites excluding steroid dienone is 1. The molecule has 3 aromatic rings. The fourth-order valence-electron chi connectivity index (χ4n) is 8.61. The zero-order valence-electron chi connectivity index (χ0n) is 31.0. The second kappa shape index (κ2) is 15.9. The van der Waals surface area contributed by atoms with Crippen LogP contribution in [0.5, 0.6) is 11.5 Å². The minimum Gasteiger partial charge on any atom is -0.508 e. The number of phenols is 1. The Morgan fingerprint density at radius 1 is 1.08 bits per heavy atom. The van der Waals surface area contributed by atoms with Gasteiger partial charge in [-0.1, -0.05) is 49.2 Å². The number of ether oxygens (including phenoxy) is 1. The van der Waals surface area contributed by atoms with Crippen LogP contribution in [-0.4, -0.2) is 79.2 Å². The zero-order valence-corrected chi connectivity index (χ0v) is 31.0. The summed E-state index contributed by atoms with van der Waals surface area (Å²) >= 11 is 0. The molecule has 0 radical (unpaired) electrons. The smallest absolute Gasteiger partial charge is 0.318 e. The third-order valence-electron chi connectivity index (χ3n) is 10.8. The molecule has 282 valence electrons. The molecule has 2 amide bonds. The molecule has 6 atom stereocenters. The predicted molar refractivity (Wildman–Crippen MR) is 201 cm³/mol. The first-order valence-electron chi connectivity index (χ1n) is 19.0. The van der Waals surface area contributed by atoms with Crippen molar-refractivity contribution in [3.8, 4) is 11.5 Å². The van der Waals surface area contributed by atoms with Crippen molar-refractivity contribution in [3.05, 3.63) is 71.4 Å². The Hall–Kier alpha value is -4.06. The van der Waals surface area contributed by atoms with E-state index >= 15 is 0 Å². The van der Waals surface area contributed by atoms with Gasteiger partial charge in [-0.25, -0.2) is 4.79 Å². The first kappa shape index (κ1) is 37.7. The maximum Gasteiger partial charge on any atom is 0.318 e. The highest BCUT2D eigenvalue weighted by Gasteiger charge is 2.64. The van der Waals surface area contributed by atoms with Gasteiger partial charge in [-0.3, -0.25) is 0 Å². The van der Waals surface area contributed by atoms with Crippen molar-refractivity contribution in [2.24, 2.45) is 22.9 Å². The number of aromatic hydroxyl groups is 1. The monoisotopic (exact) mass is 716 g/mol. The van der Waals surface area contributed by atoms with E-state index in [1.165, 1.54) is 0 Å². The van der Waals surface area contributed by atoms with Gasteiger partial charge < -0.3 is 45.2 Å². The summed E-state index contributed by atoms with van der Waals surface area (Å²) in [5.41, 5.74) is 3.59. The Balaban J connectivity index is 1.45. The highest BCUT2D eigenvalue weighted by Crippen LogP contribution is 2.60. The summed E-state index contributed by atoms with van der Waals surface area (Å²) in [7, 11) is 0. The number of oxime groups is 1. The number of carbonyl (C=O) groups excluding carboxylic acids is 1. The Morgan fingerprint density at radius 2 is 1.83 bits per heavy atom. The second-order valence-corrected chi connectivity index (χ2v) is 15.7. The molecule has 1 aromatic heterocycles. The van der Waals surface area contributed by atoms with Crippen molar-refractivity contribution in [3.63, 3.8) is 0 Å². The molecule has 6 rings (SSSR count). The summed E-state index contributed by atoms with van der Waals surface area (Å²) < 4.78 is 6.72. The SMILES string of the molecule is CCCN(C(=O)NCc1cc2ccccc2[nH]1)[C@H]1CC(=NOC(C)(C)C)C2=C[C@H](CCCCO)[C@@H](CCCCO)[C@@H]3c4cc(O)ccc4O[C@@]1(O)[C@H]23. The third kappa shape index (κ3) is 7.82. The molecule has 6 N–H and O–H groups in total. The van der Waals surface area contributed by atoms with Gasteiger partial charge in [-0.15, -0.1) is 0 Å². The number of hydrogen-bond donors (Lipinski definition) is 6. The summed E-state index contributed by atoms with van der Waals surface area (Å²) in [5, 5.41) is 52.3. The number of hydrogen-bond acceptors (Lipinski definition) is 8. The van der Waals surface area contributed by atoms with Crippen molar-refractivity contribution >= 4 is 22.6 Å². The van der Waals surface area contributed by atoms with Crippen molar-refractivity contribution in [2.45, 2.75) is 109 Å². The molecule has 3 aliphatic rings. The Bertz CT molecular complexity index is 1730. The maximum atomic E-state index is 14.3. The van der Waals surface area contributed by atoms with Crippen LogP contribution in [0.3, 0.4) is 0 Å². The van der Waals surface area contributed by atoms with E-state index in [1.54, 1.807) is 23.1 Å². The lowest BCUT2D eigenvalue weighted by molar-refractivity contribution is -0.228. The number of fused-ring (bicyclic) bond motifs is 3. The van der Waals surface area contributed by atoms with Crippen LogP contribution < -0.4 is 10.1 Å². The molecule has 0 bridgehead atoms. The van der Waals surface area contributed by atoms with Crippen LogP contribution in [0, 0.1) is 17.8 Å². The number of amides is 2. The number of aliphatic hydroxyl groups excluding tert-OH is 2. The summed E-state index contributed by atoms with van der Waals surface area (Å²) in [5.74, 6) is -2.07. The van der Waals surface area contributed by atoms with Crippen LogP contribution in [0.25, 0.3) is 10.9 Å². The fourth-order valence-corrected chi connectivity index (χ4v) is 8.61. The van der Waals surface area contributed by atoms with E-state index in [2.05, 4.69) is 16.4 Å². The first-order chi connectivity index (χ1) is 25.0. The van der Waals surface area contributed by atoms with Crippen molar-refractivity contribution in [2.75, 3.05) is 19.8 Å². The lowest BCUT2D eigenvalue weighted by Gasteiger charge is -2.58. The van der Waals surface area contributed by atoms with Gasteiger partial charge >= 0.3 is 6.03 Å². The summed E-state index contributed by atoms with van der Waals surface area (Å²) in [6.07, 6.45) is 7.61. The van der Waals surface area contributed by atoms with Crippen LogP contribution in [0.2, 0.25) is 0 Å². The number of aromatic amines is 1. The van der Waals surface area contributed by atoms with Crippen LogP contribution in [0.4, 0.5) is 4.79 Å². The minimum atomic E-state index is -1.83. The second-order valence-electron chi connectivity index (χ2n) is 15.7. The number of aliphatic hydroxyl groups is 3. The topological polar surface area (TPSA) is 160 Å². The normalized spacial score (nSPS) is 25.9. The zero-order chi connectivity index (χ0) is 37.0. The van der Waals surface area contributed by atoms with E-state index in [0.717, 1.165) is 53.4 Å². The van der Waals surface area contributed by atoms with E-state index in [4.69, 9.17) is 14.7 Å². The number of phenolic OH excluding ortho intramolecular Hbond substituents is 1. The summed E-state index contributed by atoms with van der Waals surface area (Å²) in [4.78, 5) is 25.5. The number of carbonyl (C=O) groups is 1. The lowest BCUT2D eigenvalue weighted by atomic mass is 9.55. The highest BCUT2D eigenvalue weighted by molar-refractivity contribution is 6.03. The molecule has 2 heterocycles. The van der Waals surface area contributed by atoms with Crippen molar-refractivity contribution < 1.29 is 34.8 Å².